The van der Waals surface area contributed by atoms with Gasteiger partial charge in [-0.15, -0.1) is 0 Å². The minimum absolute atomic E-state index is 0.800. The van der Waals surface area contributed by atoms with Crippen molar-refractivity contribution in [1.82, 2.24) is 9.71 Å². The van der Waals surface area contributed by atoms with Gasteiger partial charge in [-0.05, 0) is 12.1 Å². The highest BCUT2D eigenvalue weighted by Crippen LogP contribution is 2.18. The molecule has 2 rings (SSSR count). The maximum Gasteiger partial charge on any atom is 0.133 e. The molecule has 0 spiro atoms. The topological polar surface area (TPSA) is 36.3 Å². The summed E-state index contributed by atoms with van der Waals surface area (Å²) in [6, 6.07) is 5.65. The molecular formula is C9H10N2O2. The van der Waals surface area contributed by atoms with Gasteiger partial charge in [0, 0.05) is 6.07 Å². The second-order valence-corrected chi connectivity index (χ2v) is 2.61. The Bertz CT molecular complexity index is 422. The van der Waals surface area contributed by atoms with Crippen molar-refractivity contribution in [3.63, 3.8) is 0 Å². The smallest absolute Gasteiger partial charge is 0.133 e. The van der Waals surface area contributed by atoms with Crippen LogP contribution in [-0.4, -0.2) is 23.9 Å². The molecule has 0 fully saturated rings. The van der Waals surface area contributed by atoms with Crippen LogP contribution >= 0.6 is 0 Å². The van der Waals surface area contributed by atoms with Crippen molar-refractivity contribution in [3.05, 3.63) is 24.5 Å². The molecule has 0 aliphatic rings. The number of methoxy groups -OCH3 is 1. The van der Waals surface area contributed by atoms with E-state index in [9.17, 15) is 0 Å². The van der Waals surface area contributed by atoms with Crippen molar-refractivity contribution in [2.75, 3.05) is 14.2 Å². The molecule has 0 aliphatic carbocycles. The number of rotatable bonds is 2. The van der Waals surface area contributed by atoms with Crippen molar-refractivity contribution >= 4 is 11.0 Å². The minimum atomic E-state index is 0.800. The zero-order valence-corrected chi connectivity index (χ0v) is 7.52. The Labute approximate surface area is 75.7 Å². The van der Waals surface area contributed by atoms with Gasteiger partial charge in [0.2, 0.25) is 0 Å². The molecule has 1 aromatic heterocycles. The van der Waals surface area contributed by atoms with E-state index in [1.807, 2.05) is 18.2 Å². The fourth-order valence-electron chi connectivity index (χ4n) is 1.24. The van der Waals surface area contributed by atoms with Crippen molar-refractivity contribution < 1.29 is 9.57 Å². The normalized spacial score (nSPS) is 10.3. The molecule has 0 amide bonds. The Morgan fingerprint density at radius 2 is 2.15 bits per heavy atom. The summed E-state index contributed by atoms with van der Waals surface area (Å²) < 4.78 is 6.68. The minimum Gasteiger partial charge on any atom is -0.497 e. The van der Waals surface area contributed by atoms with Crippen molar-refractivity contribution in [3.8, 4) is 5.75 Å². The van der Waals surface area contributed by atoms with Crippen LogP contribution in [0.15, 0.2) is 24.5 Å². The van der Waals surface area contributed by atoms with E-state index in [1.54, 1.807) is 25.3 Å². The summed E-state index contributed by atoms with van der Waals surface area (Å²) in [6.07, 6.45) is 1.63. The van der Waals surface area contributed by atoms with Crippen LogP contribution in [-0.2, 0) is 0 Å². The first-order valence-electron chi connectivity index (χ1n) is 3.90. The maximum absolute atomic E-state index is 5.08. The van der Waals surface area contributed by atoms with Crippen molar-refractivity contribution in [2.24, 2.45) is 0 Å². The van der Waals surface area contributed by atoms with Crippen LogP contribution in [0.1, 0.15) is 0 Å². The monoisotopic (exact) mass is 178 g/mol. The van der Waals surface area contributed by atoms with Gasteiger partial charge in [-0.25, -0.2) is 4.98 Å². The molecule has 68 valence electrons. The molecule has 4 heteroatoms. The Morgan fingerprint density at radius 3 is 2.85 bits per heavy atom. The fraction of sp³-hybridized carbons (Fsp3) is 0.222. The standard InChI is InChI=1S/C9H10N2O2/c1-12-7-3-4-9-8(5-7)10-6-11(9)13-2/h3-6H,1-2H3. The fourth-order valence-corrected chi connectivity index (χ4v) is 1.24. The van der Waals surface area contributed by atoms with E-state index < -0.39 is 0 Å². The third-order valence-electron chi connectivity index (χ3n) is 1.92. The number of aromatic nitrogens is 2. The molecule has 13 heavy (non-hydrogen) atoms. The first kappa shape index (κ1) is 7.91. The van der Waals surface area contributed by atoms with Gasteiger partial charge in [-0.3, -0.25) is 0 Å². The average molecular weight is 178 g/mol. The molecule has 0 atom stereocenters. The van der Waals surface area contributed by atoms with Gasteiger partial charge < -0.3 is 9.57 Å². The van der Waals surface area contributed by atoms with Crippen LogP contribution in [0.5, 0.6) is 5.75 Å². The number of hydrogen-bond acceptors (Lipinski definition) is 3. The second kappa shape index (κ2) is 2.97. The van der Waals surface area contributed by atoms with E-state index in [0.717, 1.165) is 16.8 Å². The first-order valence-corrected chi connectivity index (χ1v) is 3.90. The van der Waals surface area contributed by atoms with E-state index in [2.05, 4.69) is 4.98 Å². The number of hydrogen-bond donors (Lipinski definition) is 0. The van der Waals surface area contributed by atoms with E-state index in [4.69, 9.17) is 9.57 Å². The van der Waals surface area contributed by atoms with E-state index in [0.29, 0.717) is 0 Å². The summed E-state index contributed by atoms with van der Waals surface area (Å²) >= 11 is 0. The Morgan fingerprint density at radius 1 is 1.31 bits per heavy atom. The van der Waals surface area contributed by atoms with E-state index in [-0.39, 0.29) is 0 Å². The van der Waals surface area contributed by atoms with Gasteiger partial charge in [0.1, 0.15) is 24.7 Å². The van der Waals surface area contributed by atoms with Crippen LogP contribution in [0.3, 0.4) is 0 Å². The summed E-state index contributed by atoms with van der Waals surface area (Å²) in [6.45, 7) is 0. The van der Waals surface area contributed by atoms with Gasteiger partial charge in [-0.2, -0.15) is 4.73 Å². The third kappa shape index (κ3) is 1.20. The Hall–Kier alpha value is -1.71. The number of nitrogens with zero attached hydrogens (tertiary/aromatic N) is 2. The zero-order valence-electron chi connectivity index (χ0n) is 7.52. The highest BCUT2D eigenvalue weighted by Gasteiger charge is 2.02. The lowest BCUT2D eigenvalue weighted by Crippen LogP contribution is -2.02. The van der Waals surface area contributed by atoms with E-state index >= 15 is 0 Å². The second-order valence-electron chi connectivity index (χ2n) is 2.61. The van der Waals surface area contributed by atoms with Gasteiger partial charge in [0.05, 0.1) is 12.6 Å². The summed E-state index contributed by atoms with van der Waals surface area (Å²) in [4.78, 5) is 9.21. The predicted octanol–water partition coefficient (Wildman–Crippen LogP) is 1.10. The summed E-state index contributed by atoms with van der Waals surface area (Å²) in [5, 5.41) is 0. The van der Waals surface area contributed by atoms with Crippen LogP contribution in [0.2, 0.25) is 0 Å². The molecule has 0 saturated heterocycles. The van der Waals surface area contributed by atoms with Gasteiger partial charge in [0.25, 0.3) is 0 Å². The predicted molar refractivity (Wildman–Crippen MR) is 48.8 cm³/mol. The number of benzene rings is 1. The zero-order chi connectivity index (χ0) is 9.26. The SMILES string of the molecule is COc1ccc2c(c1)ncn2OC. The molecule has 2 aromatic rings. The number of ether oxygens (including phenoxy) is 1. The molecule has 0 radical (unpaired) electrons. The molecule has 0 saturated carbocycles. The lowest BCUT2D eigenvalue weighted by molar-refractivity contribution is 0.177. The average Bonchev–Trinajstić information content (AvgIpc) is 2.59. The molecule has 1 heterocycles. The number of fused-ring (bicyclic) bond motifs is 1. The highest BCUT2D eigenvalue weighted by molar-refractivity contribution is 5.76. The molecule has 4 nitrogen and oxygen atoms in total. The Balaban J connectivity index is 2.61. The first-order chi connectivity index (χ1) is 6.35. The third-order valence-corrected chi connectivity index (χ3v) is 1.92. The molecule has 0 bridgehead atoms. The highest BCUT2D eigenvalue weighted by atomic mass is 16.6. The summed E-state index contributed by atoms with van der Waals surface area (Å²) in [5.41, 5.74) is 1.80. The number of imidazole rings is 1. The molecule has 0 N–H and O–H groups in total. The lowest BCUT2D eigenvalue weighted by atomic mass is 10.3. The van der Waals surface area contributed by atoms with E-state index in [1.165, 1.54) is 0 Å². The quantitative estimate of drug-likeness (QED) is 0.691. The Kier molecular flexibility index (Phi) is 1.81. The van der Waals surface area contributed by atoms with Crippen LogP contribution in [0.4, 0.5) is 0 Å². The largest absolute Gasteiger partial charge is 0.497 e. The summed E-state index contributed by atoms with van der Waals surface area (Å²) in [5.74, 6) is 0.800. The lowest BCUT2D eigenvalue weighted by Gasteiger charge is -2.01. The van der Waals surface area contributed by atoms with Gasteiger partial charge in [-0.1, -0.05) is 0 Å². The van der Waals surface area contributed by atoms with Gasteiger partial charge in [0.15, 0.2) is 0 Å². The van der Waals surface area contributed by atoms with Gasteiger partial charge >= 0.3 is 0 Å². The van der Waals surface area contributed by atoms with Crippen molar-refractivity contribution in [1.29, 1.82) is 0 Å². The molecule has 0 aliphatic heterocycles. The summed E-state index contributed by atoms with van der Waals surface area (Å²) in [7, 11) is 3.24. The maximum atomic E-state index is 5.08. The van der Waals surface area contributed by atoms with Crippen molar-refractivity contribution in [2.45, 2.75) is 0 Å². The molecule has 1 aromatic carbocycles. The molecule has 0 unspecified atom stereocenters. The molecular weight excluding hydrogens is 168 g/mol. The van der Waals surface area contributed by atoms with Crippen LogP contribution in [0, 0.1) is 0 Å². The van der Waals surface area contributed by atoms with Crippen LogP contribution < -0.4 is 9.57 Å². The van der Waals surface area contributed by atoms with Crippen LogP contribution in [0.25, 0.3) is 11.0 Å².